The van der Waals surface area contributed by atoms with Crippen molar-refractivity contribution in [3.63, 3.8) is 0 Å². The van der Waals surface area contributed by atoms with Crippen LogP contribution in [0.3, 0.4) is 0 Å². The Morgan fingerprint density at radius 2 is 2.06 bits per heavy atom. The quantitative estimate of drug-likeness (QED) is 0.826. The van der Waals surface area contributed by atoms with Gasteiger partial charge in [0.2, 0.25) is 6.10 Å². The van der Waals surface area contributed by atoms with Crippen molar-refractivity contribution in [3.8, 4) is 5.75 Å². The van der Waals surface area contributed by atoms with E-state index in [1.165, 1.54) is 24.3 Å². The third-order valence-electron chi connectivity index (χ3n) is 2.29. The molecule has 0 bridgehead atoms. The summed E-state index contributed by atoms with van der Waals surface area (Å²) in [5.74, 6) is -1.57. The molecular weight excluding hydrogens is 237 g/mol. The van der Waals surface area contributed by atoms with Crippen molar-refractivity contribution in [3.05, 3.63) is 35.4 Å². The highest BCUT2D eigenvalue weighted by Gasteiger charge is 2.42. The second kappa shape index (κ2) is 3.80. The van der Waals surface area contributed by atoms with Crippen LogP contribution in [0.5, 0.6) is 5.75 Å². The van der Waals surface area contributed by atoms with Gasteiger partial charge in [-0.3, -0.25) is 0 Å². The summed E-state index contributed by atoms with van der Waals surface area (Å²) in [5.41, 5.74) is 0.0477. The van der Waals surface area contributed by atoms with E-state index in [0.717, 1.165) is 6.08 Å². The first-order valence-electron chi connectivity index (χ1n) is 4.67. The first-order chi connectivity index (χ1) is 7.89. The molecule has 0 aromatic heterocycles. The highest BCUT2D eigenvalue weighted by molar-refractivity contribution is 5.92. The summed E-state index contributed by atoms with van der Waals surface area (Å²) in [6.07, 6.45) is -4.59. The molecule has 1 N–H and O–H groups in total. The van der Waals surface area contributed by atoms with E-state index in [2.05, 4.69) is 0 Å². The Bertz CT molecular complexity index is 491. The molecule has 0 amide bonds. The monoisotopic (exact) mass is 244 g/mol. The molecule has 1 unspecified atom stereocenters. The van der Waals surface area contributed by atoms with Crippen molar-refractivity contribution in [2.45, 2.75) is 12.3 Å². The predicted molar refractivity (Wildman–Crippen MR) is 52.9 cm³/mol. The molecule has 0 fully saturated rings. The number of carbonyl (C=O) groups is 1. The number of benzene rings is 1. The second-order valence-electron chi connectivity index (χ2n) is 3.47. The molecule has 1 aromatic rings. The maximum Gasteiger partial charge on any atom is 0.429 e. The van der Waals surface area contributed by atoms with Crippen molar-refractivity contribution < 1.29 is 27.8 Å². The third-order valence-corrected chi connectivity index (χ3v) is 2.29. The lowest BCUT2D eigenvalue weighted by atomic mass is 10.0. The second-order valence-corrected chi connectivity index (χ2v) is 3.47. The number of carboxylic acid groups (broad SMARTS) is 1. The molecule has 2 rings (SSSR count). The summed E-state index contributed by atoms with van der Waals surface area (Å²) >= 11 is 0. The number of fused-ring (bicyclic) bond motifs is 1. The molecule has 0 aliphatic carbocycles. The fraction of sp³-hybridized carbons (Fsp3) is 0.182. The fourth-order valence-electron chi connectivity index (χ4n) is 1.52. The van der Waals surface area contributed by atoms with E-state index in [-0.39, 0.29) is 11.3 Å². The van der Waals surface area contributed by atoms with Gasteiger partial charge in [-0.2, -0.15) is 13.2 Å². The van der Waals surface area contributed by atoms with Gasteiger partial charge in [0.1, 0.15) is 11.3 Å². The maximum atomic E-state index is 12.4. The zero-order valence-corrected chi connectivity index (χ0v) is 8.36. The van der Waals surface area contributed by atoms with E-state index in [1.54, 1.807) is 0 Å². The van der Waals surface area contributed by atoms with Crippen LogP contribution in [0.25, 0.3) is 6.08 Å². The van der Waals surface area contributed by atoms with Gasteiger partial charge >= 0.3 is 12.1 Å². The van der Waals surface area contributed by atoms with Crippen LogP contribution in [0.2, 0.25) is 0 Å². The Hall–Kier alpha value is -1.98. The number of carboxylic acids is 1. The molecule has 1 aliphatic heterocycles. The summed E-state index contributed by atoms with van der Waals surface area (Å²) in [4.78, 5) is 10.8. The lowest BCUT2D eigenvalue weighted by molar-refractivity contribution is -0.180. The highest BCUT2D eigenvalue weighted by atomic mass is 19.4. The van der Waals surface area contributed by atoms with Crippen molar-refractivity contribution >= 4 is 12.0 Å². The third kappa shape index (κ3) is 2.11. The molecule has 17 heavy (non-hydrogen) atoms. The SMILES string of the molecule is O=C(O)c1cccc2c1OC(C(F)(F)F)C=C2. The predicted octanol–water partition coefficient (Wildman–Crippen LogP) is 2.72. The minimum absolute atomic E-state index is 0.246. The van der Waals surface area contributed by atoms with Gasteiger partial charge in [-0.25, -0.2) is 4.79 Å². The van der Waals surface area contributed by atoms with Gasteiger partial charge in [0.05, 0.1) is 0 Å². The zero-order valence-electron chi connectivity index (χ0n) is 8.36. The highest BCUT2D eigenvalue weighted by Crippen LogP contribution is 2.35. The van der Waals surface area contributed by atoms with Gasteiger partial charge in [0.15, 0.2) is 0 Å². The number of ether oxygens (including phenoxy) is 1. The zero-order chi connectivity index (χ0) is 12.6. The molecule has 3 nitrogen and oxygen atoms in total. The van der Waals surface area contributed by atoms with E-state index >= 15 is 0 Å². The number of rotatable bonds is 1. The Morgan fingerprint density at radius 1 is 1.35 bits per heavy atom. The lowest BCUT2D eigenvalue weighted by Crippen LogP contribution is -2.34. The normalized spacial score (nSPS) is 18.4. The Morgan fingerprint density at radius 3 is 2.65 bits per heavy atom. The minimum Gasteiger partial charge on any atom is -0.478 e. The molecule has 0 saturated carbocycles. The van der Waals surface area contributed by atoms with E-state index in [1.807, 2.05) is 0 Å². The van der Waals surface area contributed by atoms with Gasteiger partial charge in [0.25, 0.3) is 0 Å². The van der Waals surface area contributed by atoms with Crippen molar-refractivity contribution in [1.29, 1.82) is 0 Å². The number of alkyl halides is 3. The van der Waals surface area contributed by atoms with E-state index in [9.17, 15) is 18.0 Å². The summed E-state index contributed by atoms with van der Waals surface area (Å²) < 4.78 is 42.0. The number of hydrogen-bond acceptors (Lipinski definition) is 2. The van der Waals surface area contributed by atoms with Crippen LogP contribution in [-0.2, 0) is 0 Å². The van der Waals surface area contributed by atoms with Gasteiger partial charge in [-0.05, 0) is 12.1 Å². The largest absolute Gasteiger partial charge is 0.478 e. The van der Waals surface area contributed by atoms with Crippen molar-refractivity contribution in [2.75, 3.05) is 0 Å². The number of hydrogen-bond donors (Lipinski definition) is 1. The van der Waals surface area contributed by atoms with Crippen LogP contribution in [0.1, 0.15) is 15.9 Å². The standard InChI is InChI=1S/C11H7F3O3/c12-11(13,14)8-5-4-6-2-1-3-7(10(15)16)9(6)17-8/h1-5,8H,(H,15,16). The average Bonchev–Trinajstić information content (AvgIpc) is 2.26. The van der Waals surface area contributed by atoms with Gasteiger partial charge in [-0.1, -0.05) is 18.2 Å². The van der Waals surface area contributed by atoms with Crippen LogP contribution >= 0.6 is 0 Å². The van der Waals surface area contributed by atoms with E-state index < -0.39 is 18.2 Å². The van der Waals surface area contributed by atoms with E-state index in [0.29, 0.717) is 5.56 Å². The van der Waals surface area contributed by atoms with Crippen LogP contribution < -0.4 is 4.74 Å². The fourth-order valence-corrected chi connectivity index (χ4v) is 1.52. The van der Waals surface area contributed by atoms with Crippen LogP contribution in [0.15, 0.2) is 24.3 Å². The molecule has 0 saturated heterocycles. The van der Waals surface area contributed by atoms with E-state index in [4.69, 9.17) is 9.84 Å². The van der Waals surface area contributed by atoms with Crippen molar-refractivity contribution in [2.24, 2.45) is 0 Å². The number of para-hydroxylation sites is 1. The molecule has 0 spiro atoms. The Labute approximate surface area is 94.1 Å². The van der Waals surface area contributed by atoms with Crippen LogP contribution in [-0.4, -0.2) is 23.4 Å². The lowest BCUT2D eigenvalue weighted by Gasteiger charge is -2.24. The first-order valence-corrected chi connectivity index (χ1v) is 4.67. The van der Waals surface area contributed by atoms with Crippen LogP contribution in [0.4, 0.5) is 13.2 Å². The smallest absolute Gasteiger partial charge is 0.429 e. The molecule has 1 heterocycles. The minimum atomic E-state index is -4.56. The summed E-state index contributed by atoms with van der Waals surface area (Å²) in [7, 11) is 0. The molecule has 6 heteroatoms. The summed E-state index contributed by atoms with van der Waals surface area (Å²) in [5, 5.41) is 8.84. The number of halogens is 3. The molecule has 90 valence electrons. The Balaban J connectivity index is 2.45. The maximum absolute atomic E-state index is 12.4. The topological polar surface area (TPSA) is 46.5 Å². The molecular formula is C11H7F3O3. The molecule has 1 atom stereocenters. The molecule has 1 aromatic carbocycles. The summed E-state index contributed by atoms with van der Waals surface area (Å²) in [6.45, 7) is 0. The summed E-state index contributed by atoms with van der Waals surface area (Å²) in [6, 6.07) is 4.14. The Kier molecular flexibility index (Phi) is 2.57. The van der Waals surface area contributed by atoms with Gasteiger partial charge in [-0.15, -0.1) is 0 Å². The molecule has 1 aliphatic rings. The van der Waals surface area contributed by atoms with Crippen LogP contribution in [0, 0.1) is 0 Å². The molecule has 0 radical (unpaired) electrons. The average molecular weight is 244 g/mol. The van der Waals surface area contributed by atoms with Gasteiger partial charge < -0.3 is 9.84 Å². The number of aromatic carboxylic acids is 1. The van der Waals surface area contributed by atoms with Crippen molar-refractivity contribution in [1.82, 2.24) is 0 Å². The first kappa shape index (κ1) is 11.5. The van der Waals surface area contributed by atoms with Gasteiger partial charge in [0, 0.05) is 5.56 Å².